The van der Waals surface area contributed by atoms with Gasteiger partial charge in [-0.15, -0.1) is 0 Å². The van der Waals surface area contributed by atoms with Crippen molar-refractivity contribution in [3.05, 3.63) is 60.2 Å². The third-order valence-electron chi connectivity index (χ3n) is 3.59. The summed E-state index contributed by atoms with van der Waals surface area (Å²) in [5.41, 5.74) is 2.52. The second kappa shape index (κ2) is 5.93. The molecule has 0 aliphatic carbocycles. The van der Waals surface area contributed by atoms with Crippen molar-refractivity contribution in [2.45, 2.75) is 19.5 Å². The lowest BCUT2D eigenvalue weighted by atomic mass is 10.1. The van der Waals surface area contributed by atoms with Crippen molar-refractivity contribution >= 4 is 35.4 Å². The summed E-state index contributed by atoms with van der Waals surface area (Å²) >= 11 is 17.2. The third-order valence-corrected chi connectivity index (χ3v) is 4.40. The molecule has 0 bridgehead atoms. The number of H-pyrrole nitrogens is 2. The molecule has 2 heterocycles. The van der Waals surface area contributed by atoms with Gasteiger partial charge in [0, 0.05) is 41.8 Å². The lowest BCUT2D eigenvalue weighted by Gasteiger charge is -2.28. The Hall–Kier alpha value is -1.14. The van der Waals surface area contributed by atoms with E-state index < -0.39 is 0 Å². The molecular formula is C14H13Cl2N3OS. The molecule has 0 saturated heterocycles. The van der Waals surface area contributed by atoms with E-state index in [2.05, 4.69) is 14.9 Å². The van der Waals surface area contributed by atoms with Crippen molar-refractivity contribution in [2.75, 3.05) is 6.54 Å². The Bertz CT molecular complexity index is 800. The Morgan fingerprint density at radius 2 is 2.10 bits per heavy atom. The summed E-state index contributed by atoms with van der Waals surface area (Å²) in [5, 5.41) is 1.35. The first kappa shape index (κ1) is 14.8. The first-order valence-corrected chi connectivity index (χ1v) is 7.70. The average Bonchev–Trinajstić information content (AvgIpc) is 2.43. The Morgan fingerprint density at radius 3 is 2.90 bits per heavy atom. The zero-order valence-electron chi connectivity index (χ0n) is 11.1. The van der Waals surface area contributed by atoms with E-state index in [1.54, 1.807) is 12.1 Å². The van der Waals surface area contributed by atoms with E-state index in [-0.39, 0.29) is 5.56 Å². The smallest absolute Gasteiger partial charge is 0.256 e. The summed E-state index contributed by atoms with van der Waals surface area (Å²) in [4.78, 5) is 19.9. The fourth-order valence-electron chi connectivity index (χ4n) is 2.55. The van der Waals surface area contributed by atoms with Crippen molar-refractivity contribution in [3.63, 3.8) is 0 Å². The van der Waals surface area contributed by atoms with Crippen LogP contribution in [0.4, 0.5) is 0 Å². The molecule has 0 fully saturated rings. The molecule has 1 aliphatic rings. The molecule has 1 aromatic carbocycles. The van der Waals surface area contributed by atoms with Gasteiger partial charge in [0.15, 0.2) is 4.77 Å². The number of benzene rings is 1. The maximum absolute atomic E-state index is 12.0. The van der Waals surface area contributed by atoms with Gasteiger partial charge in [-0.3, -0.25) is 14.7 Å². The topological polar surface area (TPSA) is 51.9 Å². The van der Waals surface area contributed by atoms with Crippen LogP contribution in [-0.2, 0) is 19.5 Å². The van der Waals surface area contributed by atoms with E-state index in [1.165, 1.54) is 0 Å². The Balaban J connectivity index is 1.85. The number of nitrogens with zero attached hydrogens (tertiary/aromatic N) is 1. The van der Waals surface area contributed by atoms with E-state index in [0.29, 0.717) is 27.9 Å². The van der Waals surface area contributed by atoms with Crippen LogP contribution in [0.1, 0.15) is 16.8 Å². The molecule has 0 spiro atoms. The molecule has 0 amide bonds. The van der Waals surface area contributed by atoms with Crippen LogP contribution in [0.5, 0.6) is 0 Å². The Morgan fingerprint density at radius 1 is 1.29 bits per heavy atom. The van der Waals surface area contributed by atoms with Gasteiger partial charge < -0.3 is 4.98 Å². The second-order valence-electron chi connectivity index (χ2n) is 5.06. The molecule has 2 N–H and O–H groups in total. The molecule has 1 aliphatic heterocycles. The predicted octanol–water partition coefficient (Wildman–Crippen LogP) is 3.30. The average molecular weight is 342 g/mol. The van der Waals surface area contributed by atoms with Crippen LogP contribution in [0, 0.1) is 4.77 Å². The number of fused-ring (bicyclic) bond motifs is 1. The van der Waals surface area contributed by atoms with Gasteiger partial charge in [-0.25, -0.2) is 0 Å². The van der Waals surface area contributed by atoms with Crippen LogP contribution >= 0.6 is 35.4 Å². The predicted molar refractivity (Wildman–Crippen MR) is 86.5 cm³/mol. The summed E-state index contributed by atoms with van der Waals surface area (Å²) in [6, 6.07) is 5.42. The fraction of sp³-hybridized carbons (Fsp3) is 0.286. The molecule has 4 nitrogen and oxygen atoms in total. The minimum Gasteiger partial charge on any atom is -0.335 e. The zero-order valence-corrected chi connectivity index (χ0v) is 13.4. The molecule has 21 heavy (non-hydrogen) atoms. The van der Waals surface area contributed by atoms with Crippen LogP contribution in [0.15, 0.2) is 23.0 Å². The van der Waals surface area contributed by atoms with Crippen molar-refractivity contribution < 1.29 is 0 Å². The number of hydrogen-bond donors (Lipinski definition) is 2. The van der Waals surface area contributed by atoms with Gasteiger partial charge in [0.2, 0.25) is 0 Å². The maximum Gasteiger partial charge on any atom is 0.256 e. The molecule has 3 rings (SSSR count). The van der Waals surface area contributed by atoms with Gasteiger partial charge in [-0.1, -0.05) is 23.2 Å². The SMILES string of the molecule is O=c1[nH]c(=S)[nH]c2c1CN(Cc1cc(Cl)ccc1Cl)CC2. The highest BCUT2D eigenvalue weighted by Gasteiger charge is 2.20. The van der Waals surface area contributed by atoms with E-state index in [0.717, 1.165) is 29.8 Å². The van der Waals surface area contributed by atoms with Gasteiger partial charge in [0.05, 0.1) is 5.56 Å². The van der Waals surface area contributed by atoms with Gasteiger partial charge >= 0.3 is 0 Å². The molecule has 0 atom stereocenters. The van der Waals surface area contributed by atoms with Crippen LogP contribution in [0.25, 0.3) is 0 Å². The van der Waals surface area contributed by atoms with E-state index >= 15 is 0 Å². The molecule has 1 aromatic heterocycles. The van der Waals surface area contributed by atoms with Crippen molar-refractivity contribution in [3.8, 4) is 0 Å². The third kappa shape index (κ3) is 3.21. The largest absolute Gasteiger partial charge is 0.335 e. The van der Waals surface area contributed by atoms with Gasteiger partial charge in [-0.2, -0.15) is 0 Å². The number of halogens is 2. The molecule has 110 valence electrons. The number of aromatic nitrogens is 2. The van der Waals surface area contributed by atoms with Crippen LogP contribution in [0.2, 0.25) is 10.0 Å². The molecule has 2 aromatic rings. The quantitative estimate of drug-likeness (QED) is 0.824. The van der Waals surface area contributed by atoms with Gasteiger partial charge in [0.25, 0.3) is 5.56 Å². The second-order valence-corrected chi connectivity index (χ2v) is 6.31. The van der Waals surface area contributed by atoms with Crippen LogP contribution in [-0.4, -0.2) is 21.4 Å². The molecule has 0 unspecified atom stereocenters. The summed E-state index contributed by atoms with van der Waals surface area (Å²) in [6.07, 6.45) is 0.765. The van der Waals surface area contributed by atoms with Gasteiger partial charge in [-0.05, 0) is 36.0 Å². The van der Waals surface area contributed by atoms with Crippen molar-refractivity contribution in [1.29, 1.82) is 0 Å². The minimum atomic E-state index is -0.115. The summed E-state index contributed by atoms with van der Waals surface area (Å²) < 4.78 is 0.380. The van der Waals surface area contributed by atoms with E-state index in [9.17, 15) is 4.79 Å². The van der Waals surface area contributed by atoms with Crippen molar-refractivity contribution in [1.82, 2.24) is 14.9 Å². The standard InChI is InChI=1S/C14H13Cl2N3OS/c15-9-1-2-11(16)8(5-9)6-19-4-3-12-10(7-19)13(20)18-14(21)17-12/h1-2,5H,3-4,6-7H2,(H2,17,18,20,21). The summed E-state index contributed by atoms with van der Waals surface area (Å²) in [6.45, 7) is 2.07. The first-order chi connectivity index (χ1) is 10.0. The molecule has 0 radical (unpaired) electrons. The van der Waals surface area contributed by atoms with E-state index in [1.807, 2.05) is 6.07 Å². The number of nitrogens with one attached hydrogen (secondary N) is 2. The monoisotopic (exact) mass is 341 g/mol. The highest BCUT2D eigenvalue weighted by Crippen LogP contribution is 2.24. The Kier molecular flexibility index (Phi) is 4.17. The normalized spacial score (nSPS) is 15.0. The Labute approximate surface area is 136 Å². The lowest BCUT2D eigenvalue weighted by molar-refractivity contribution is 0.241. The number of hydrogen-bond acceptors (Lipinski definition) is 3. The zero-order chi connectivity index (χ0) is 15.0. The highest BCUT2D eigenvalue weighted by molar-refractivity contribution is 7.71. The molecule has 0 saturated carbocycles. The molecular weight excluding hydrogens is 329 g/mol. The van der Waals surface area contributed by atoms with Crippen molar-refractivity contribution in [2.24, 2.45) is 0 Å². The van der Waals surface area contributed by atoms with Crippen LogP contribution in [0.3, 0.4) is 0 Å². The summed E-state index contributed by atoms with van der Waals surface area (Å²) in [7, 11) is 0. The number of rotatable bonds is 2. The summed E-state index contributed by atoms with van der Waals surface area (Å²) in [5.74, 6) is 0. The number of aromatic amines is 2. The molecule has 7 heteroatoms. The fourth-order valence-corrected chi connectivity index (χ4v) is 3.14. The lowest BCUT2D eigenvalue weighted by Crippen LogP contribution is -2.35. The van der Waals surface area contributed by atoms with Crippen LogP contribution < -0.4 is 5.56 Å². The maximum atomic E-state index is 12.0. The van der Waals surface area contributed by atoms with E-state index in [4.69, 9.17) is 35.4 Å². The first-order valence-electron chi connectivity index (χ1n) is 6.53. The van der Waals surface area contributed by atoms with Gasteiger partial charge in [0.1, 0.15) is 0 Å². The highest BCUT2D eigenvalue weighted by atomic mass is 35.5. The minimum absolute atomic E-state index is 0.115.